The molecule has 0 atom stereocenters. The van der Waals surface area contributed by atoms with Gasteiger partial charge in [0.15, 0.2) is 0 Å². The van der Waals surface area contributed by atoms with Crippen LogP contribution in [0.5, 0.6) is 0 Å². The average molecular weight is 675 g/mol. The second-order valence-corrected chi connectivity index (χ2v) is 13.4. The first-order chi connectivity index (χ1) is 23.5. The van der Waals surface area contributed by atoms with Crippen LogP contribution in [0, 0.1) is 0 Å². The van der Waals surface area contributed by atoms with Crippen LogP contribution in [0.2, 0.25) is 0 Å². The quantitative estimate of drug-likeness (QED) is 0.0604. The van der Waals surface area contributed by atoms with Crippen LogP contribution >= 0.6 is 0 Å². The van der Waals surface area contributed by atoms with Gasteiger partial charge in [0.1, 0.15) is 0 Å². The first-order valence-electron chi connectivity index (χ1n) is 20.1. The lowest BCUT2D eigenvalue weighted by atomic mass is 10.0. The van der Waals surface area contributed by atoms with Crippen molar-refractivity contribution in [3.05, 3.63) is 35.4 Å². The smallest absolute Gasteiger partial charge is 0.339 e. The fraction of sp³-hybridized carbons (Fsp3) is 0.786. The minimum Gasteiger partial charge on any atom is -0.481 e. The monoisotopic (exact) mass is 675 g/mol. The number of ether oxygens (including phenoxy) is 2. The molecule has 0 saturated heterocycles. The number of carbonyl (C=O) groups excluding carboxylic acids is 2. The third-order valence-corrected chi connectivity index (χ3v) is 8.82. The predicted molar refractivity (Wildman–Crippen MR) is 201 cm³/mol. The number of benzene rings is 1. The van der Waals surface area contributed by atoms with Crippen molar-refractivity contribution in [2.75, 3.05) is 13.2 Å². The van der Waals surface area contributed by atoms with E-state index in [4.69, 9.17) is 14.6 Å². The molecule has 0 unspecified atom stereocenters. The van der Waals surface area contributed by atoms with Crippen LogP contribution in [0.4, 0.5) is 0 Å². The van der Waals surface area contributed by atoms with E-state index < -0.39 is 17.9 Å². The van der Waals surface area contributed by atoms with Crippen LogP contribution in [0.1, 0.15) is 221 Å². The van der Waals surface area contributed by atoms with Gasteiger partial charge >= 0.3 is 17.9 Å². The Labute approximate surface area is 295 Å². The van der Waals surface area contributed by atoms with E-state index in [1.54, 1.807) is 24.3 Å². The lowest BCUT2D eigenvalue weighted by Gasteiger charge is -2.10. The maximum atomic E-state index is 12.4. The topological polar surface area (TPSA) is 89.9 Å². The second-order valence-electron chi connectivity index (χ2n) is 13.4. The molecule has 0 fully saturated rings. The Kier molecular flexibility index (Phi) is 34.2. The van der Waals surface area contributed by atoms with Crippen molar-refractivity contribution >= 4 is 17.9 Å². The SMILES string of the molecule is CCCCCCCCCCCCCCCCCC(=O)O.CCCCCCCCOC(=O)c1ccccc1C(=O)OCCCCCCCC. The summed E-state index contributed by atoms with van der Waals surface area (Å²) in [4.78, 5) is 35.0. The van der Waals surface area contributed by atoms with Crippen LogP contribution in [-0.4, -0.2) is 36.2 Å². The van der Waals surface area contributed by atoms with Gasteiger partial charge in [-0.05, 0) is 31.4 Å². The molecule has 0 aliphatic heterocycles. The molecule has 48 heavy (non-hydrogen) atoms. The molecule has 0 spiro atoms. The summed E-state index contributed by atoms with van der Waals surface area (Å²) in [6.07, 6.45) is 33.8. The summed E-state index contributed by atoms with van der Waals surface area (Å²) in [6, 6.07) is 6.74. The number of unbranched alkanes of at least 4 members (excludes halogenated alkanes) is 24. The van der Waals surface area contributed by atoms with Crippen LogP contribution in [0.15, 0.2) is 24.3 Å². The van der Waals surface area contributed by atoms with Gasteiger partial charge in [-0.3, -0.25) is 4.79 Å². The summed E-state index contributed by atoms with van der Waals surface area (Å²) >= 11 is 0. The van der Waals surface area contributed by atoms with Crippen LogP contribution < -0.4 is 0 Å². The molecule has 0 aliphatic carbocycles. The minimum atomic E-state index is -0.653. The highest BCUT2D eigenvalue weighted by atomic mass is 16.5. The maximum Gasteiger partial charge on any atom is 0.339 e. The first kappa shape index (κ1) is 45.6. The number of carboxylic acids is 1. The maximum absolute atomic E-state index is 12.4. The molecule has 1 aromatic carbocycles. The Balaban J connectivity index is 0.000000977. The fourth-order valence-electron chi connectivity index (χ4n) is 5.74. The highest BCUT2D eigenvalue weighted by Gasteiger charge is 2.18. The largest absolute Gasteiger partial charge is 0.481 e. The normalized spacial score (nSPS) is 10.7. The van der Waals surface area contributed by atoms with Gasteiger partial charge in [-0.25, -0.2) is 9.59 Å². The number of hydrogen-bond acceptors (Lipinski definition) is 5. The van der Waals surface area contributed by atoms with E-state index in [0.29, 0.717) is 30.8 Å². The molecule has 0 heterocycles. The van der Waals surface area contributed by atoms with Crippen LogP contribution in [0.3, 0.4) is 0 Å². The summed E-state index contributed by atoms with van der Waals surface area (Å²) in [5, 5.41) is 8.52. The molecule has 6 nitrogen and oxygen atoms in total. The molecule has 1 aromatic rings. The lowest BCUT2D eigenvalue weighted by Crippen LogP contribution is -2.15. The van der Waals surface area contributed by atoms with Crippen molar-refractivity contribution in [1.82, 2.24) is 0 Å². The van der Waals surface area contributed by atoms with Crippen molar-refractivity contribution in [1.29, 1.82) is 0 Å². The van der Waals surface area contributed by atoms with Gasteiger partial charge < -0.3 is 14.6 Å². The standard InChI is InChI=1S/C24H38O4.C18H36O2/c1-3-5-7-9-11-15-19-27-23(25)21-17-13-14-18-22(21)24(26)28-20-16-12-10-8-6-4-2;1-2-3-4-5-6-7-8-9-10-11-12-13-14-15-16-17-18(19)20/h13-14,17-18H,3-12,15-16,19-20H2,1-2H3;2-17H2,1H3,(H,19,20). The van der Waals surface area contributed by atoms with E-state index in [1.807, 2.05) is 0 Å². The third-order valence-electron chi connectivity index (χ3n) is 8.82. The zero-order valence-corrected chi connectivity index (χ0v) is 31.5. The number of carboxylic acid groups (broad SMARTS) is 1. The third kappa shape index (κ3) is 29.7. The fourth-order valence-corrected chi connectivity index (χ4v) is 5.74. The number of carbonyl (C=O) groups is 3. The van der Waals surface area contributed by atoms with E-state index in [2.05, 4.69) is 20.8 Å². The van der Waals surface area contributed by atoms with Gasteiger partial charge in [-0.2, -0.15) is 0 Å². The zero-order valence-electron chi connectivity index (χ0n) is 31.5. The second kappa shape index (κ2) is 35.9. The van der Waals surface area contributed by atoms with E-state index in [-0.39, 0.29) is 0 Å². The van der Waals surface area contributed by atoms with Gasteiger partial charge in [-0.15, -0.1) is 0 Å². The highest BCUT2D eigenvalue weighted by molar-refractivity contribution is 6.03. The molecule has 0 radical (unpaired) electrons. The highest BCUT2D eigenvalue weighted by Crippen LogP contribution is 2.15. The molecule has 0 bridgehead atoms. The van der Waals surface area contributed by atoms with Crippen LogP contribution in [0.25, 0.3) is 0 Å². The summed E-state index contributed by atoms with van der Waals surface area (Å²) in [6.45, 7) is 7.44. The summed E-state index contributed by atoms with van der Waals surface area (Å²) in [5.41, 5.74) is 0.586. The molecule has 6 heteroatoms. The molecule has 0 saturated carbocycles. The van der Waals surface area contributed by atoms with Crippen LogP contribution in [-0.2, 0) is 14.3 Å². The first-order valence-corrected chi connectivity index (χ1v) is 20.1. The Morgan fingerprint density at radius 2 is 0.708 bits per heavy atom. The Hall–Kier alpha value is -2.37. The van der Waals surface area contributed by atoms with E-state index >= 15 is 0 Å². The van der Waals surface area contributed by atoms with Gasteiger partial charge in [0.25, 0.3) is 0 Å². The Morgan fingerprint density at radius 3 is 1.00 bits per heavy atom. The van der Waals surface area contributed by atoms with Crippen molar-refractivity contribution in [3.8, 4) is 0 Å². The molecule has 0 amide bonds. The number of rotatable bonds is 32. The Bertz CT molecular complexity index is 834. The molecule has 1 rings (SSSR count). The van der Waals surface area contributed by atoms with Gasteiger partial charge in [0.2, 0.25) is 0 Å². The molecule has 0 aliphatic rings. The molecular formula is C42H74O6. The van der Waals surface area contributed by atoms with E-state index in [9.17, 15) is 14.4 Å². The molecule has 0 aromatic heterocycles. The van der Waals surface area contributed by atoms with Gasteiger partial charge in [0.05, 0.1) is 24.3 Å². The van der Waals surface area contributed by atoms with Crippen molar-refractivity contribution in [2.24, 2.45) is 0 Å². The number of hydrogen-bond donors (Lipinski definition) is 1. The minimum absolute atomic E-state index is 0.293. The number of aliphatic carboxylic acids is 1. The van der Waals surface area contributed by atoms with Crippen molar-refractivity contribution < 1.29 is 29.0 Å². The summed E-state index contributed by atoms with van der Waals surface area (Å²) in [5.74, 6) is -1.54. The molecule has 278 valence electrons. The lowest BCUT2D eigenvalue weighted by molar-refractivity contribution is -0.137. The predicted octanol–water partition coefficient (Wildman–Crippen LogP) is 13.1. The average Bonchev–Trinajstić information content (AvgIpc) is 3.09. The van der Waals surface area contributed by atoms with Crippen molar-refractivity contribution in [3.63, 3.8) is 0 Å². The van der Waals surface area contributed by atoms with Crippen molar-refractivity contribution in [2.45, 2.75) is 201 Å². The Morgan fingerprint density at radius 1 is 0.438 bits per heavy atom. The van der Waals surface area contributed by atoms with E-state index in [0.717, 1.165) is 38.5 Å². The number of esters is 2. The summed E-state index contributed by atoms with van der Waals surface area (Å²) in [7, 11) is 0. The van der Waals surface area contributed by atoms with Gasteiger partial charge in [0, 0.05) is 6.42 Å². The zero-order chi connectivity index (χ0) is 35.3. The summed E-state index contributed by atoms with van der Waals surface area (Å²) < 4.78 is 10.7. The van der Waals surface area contributed by atoms with Gasteiger partial charge in [-0.1, -0.05) is 187 Å². The molecule has 1 N–H and O–H groups in total. The molecular weight excluding hydrogens is 600 g/mol. The van der Waals surface area contributed by atoms with E-state index in [1.165, 1.54) is 135 Å².